The highest BCUT2D eigenvalue weighted by atomic mass is 32.1. The molecule has 6 aromatic heterocycles. The van der Waals surface area contributed by atoms with E-state index in [-0.39, 0.29) is 11.5 Å². The Morgan fingerprint density at radius 2 is 1.58 bits per heavy atom. The zero-order valence-electron chi connectivity index (χ0n) is 37.6. The smallest absolute Gasteiger partial charge is 0.143 e. The van der Waals surface area contributed by atoms with Crippen molar-refractivity contribution in [2.75, 3.05) is 4.90 Å². The molecule has 0 fully saturated rings. The van der Waals surface area contributed by atoms with Gasteiger partial charge in [0.2, 0.25) is 0 Å². The van der Waals surface area contributed by atoms with Crippen LogP contribution in [0.4, 0.5) is 11.4 Å². The van der Waals surface area contributed by atoms with Crippen LogP contribution >= 0.6 is 34.0 Å². The van der Waals surface area contributed by atoms with Crippen LogP contribution in [0.3, 0.4) is 0 Å². The Labute approximate surface area is 409 Å². The third kappa shape index (κ3) is 5.68. The summed E-state index contributed by atoms with van der Waals surface area (Å²) in [6.07, 6.45) is 12.3. The van der Waals surface area contributed by atoms with Gasteiger partial charge in [0, 0.05) is 86.1 Å². The molecule has 0 N–H and O–H groups in total. The fourth-order valence-electron chi connectivity index (χ4n) is 11.8. The van der Waals surface area contributed by atoms with Crippen LogP contribution in [-0.2, 0) is 6.42 Å². The lowest BCUT2D eigenvalue weighted by Gasteiger charge is -2.41. The number of furan rings is 1. The lowest BCUT2D eigenvalue weighted by molar-refractivity contribution is 0.532. The maximum absolute atomic E-state index is 6.77. The van der Waals surface area contributed by atoms with E-state index in [9.17, 15) is 0 Å². The van der Waals surface area contributed by atoms with Crippen LogP contribution in [0.2, 0.25) is 0 Å². The molecule has 0 amide bonds. The van der Waals surface area contributed by atoms with E-state index in [1.54, 1.807) is 11.3 Å². The van der Waals surface area contributed by atoms with Crippen molar-refractivity contribution in [2.45, 2.75) is 31.7 Å². The Morgan fingerprint density at radius 3 is 2.51 bits per heavy atom. The quantitative estimate of drug-likeness (QED) is 0.167. The van der Waals surface area contributed by atoms with Crippen LogP contribution in [-0.4, -0.2) is 20.1 Å². The molecule has 1 aliphatic heterocycles. The largest absolute Gasteiger partial charge is 0.455 e. The normalized spacial score (nSPS) is 16.7. The number of pyridine rings is 1. The van der Waals surface area contributed by atoms with E-state index >= 15 is 0 Å². The molecule has 1 unspecified atom stereocenters. The third-order valence-corrected chi connectivity index (χ3v) is 18.1. The van der Waals surface area contributed by atoms with Crippen molar-refractivity contribution in [1.82, 2.24) is 14.5 Å². The van der Waals surface area contributed by atoms with Crippen LogP contribution in [0.15, 0.2) is 180 Å². The summed E-state index contributed by atoms with van der Waals surface area (Å²) in [6, 6.07) is 55.2. The summed E-state index contributed by atoms with van der Waals surface area (Å²) in [4.78, 5) is 14.9. The molecule has 0 bridgehead atoms. The summed E-state index contributed by atoms with van der Waals surface area (Å²) < 4.78 is 12.9. The number of hydrogen-bond donors (Lipinski definition) is 0. The summed E-state index contributed by atoms with van der Waals surface area (Å²) in [7, 11) is 0. The Kier molecular flexibility index (Phi) is 8.39. The number of anilines is 2. The highest BCUT2D eigenvalue weighted by molar-refractivity contribution is 7.26. The van der Waals surface area contributed by atoms with Gasteiger partial charge < -0.3 is 9.32 Å². The maximum atomic E-state index is 6.77. The molecule has 8 heteroatoms. The van der Waals surface area contributed by atoms with Crippen molar-refractivity contribution in [3.05, 3.63) is 208 Å². The molecular formula is C61H40N4OS3. The zero-order valence-corrected chi connectivity index (χ0v) is 40.1. The minimum atomic E-state index is -0.245. The summed E-state index contributed by atoms with van der Waals surface area (Å²) in [5.74, 6) is 1.11. The molecule has 0 spiro atoms. The molecular weight excluding hydrogens is 901 g/mol. The number of allylic oxidation sites excluding steroid dienone is 1. The first-order valence-corrected chi connectivity index (χ1v) is 26.0. The van der Waals surface area contributed by atoms with E-state index in [4.69, 9.17) is 9.40 Å². The van der Waals surface area contributed by atoms with E-state index in [0.29, 0.717) is 0 Å². The Bertz CT molecular complexity index is 4350. The highest BCUT2D eigenvalue weighted by Gasteiger charge is 2.51. The number of benzene rings is 7. The molecule has 7 aromatic carbocycles. The molecule has 7 heterocycles. The number of rotatable bonds is 6. The van der Waals surface area contributed by atoms with Gasteiger partial charge in [-0.2, -0.15) is 0 Å². The summed E-state index contributed by atoms with van der Waals surface area (Å²) in [6.45, 7) is 4.72. The summed E-state index contributed by atoms with van der Waals surface area (Å²) in [5.41, 5.74) is 16.8. The fourth-order valence-corrected chi connectivity index (χ4v) is 14.8. The van der Waals surface area contributed by atoms with Crippen LogP contribution in [0.5, 0.6) is 0 Å². The van der Waals surface area contributed by atoms with Crippen molar-refractivity contribution in [3.8, 4) is 16.9 Å². The van der Waals surface area contributed by atoms with Crippen molar-refractivity contribution in [2.24, 2.45) is 0 Å². The van der Waals surface area contributed by atoms with E-state index in [1.807, 2.05) is 34.4 Å². The van der Waals surface area contributed by atoms with Crippen LogP contribution in [0.1, 0.15) is 44.8 Å². The number of thiazole rings is 1. The van der Waals surface area contributed by atoms with Crippen LogP contribution in [0, 0.1) is 6.92 Å². The second kappa shape index (κ2) is 14.7. The zero-order chi connectivity index (χ0) is 45.5. The van der Waals surface area contributed by atoms with Gasteiger partial charge in [0.05, 0.1) is 32.3 Å². The number of aromatic nitrogens is 3. The lowest BCUT2D eigenvalue weighted by atomic mass is 9.74. The molecule has 2 aliphatic rings. The first-order valence-electron chi connectivity index (χ1n) is 23.4. The van der Waals surface area contributed by atoms with E-state index in [1.165, 1.54) is 79.0 Å². The Morgan fingerprint density at radius 1 is 0.710 bits per heavy atom. The average Bonchev–Trinajstić information content (AvgIpc) is 4.24. The van der Waals surface area contributed by atoms with Gasteiger partial charge in [0.25, 0.3) is 0 Å². The number of fused-ring (bicyclic) bond motifs is 16. The molecule has 2 atom stereocenters. The Balaban J connectivity index is 0.731. The van der Waals surface area contributed by atoms with Gasteiger partial charge in [-0.25, -0.2) is 9.97 Å². The monoisotopic (exact) mass is 940 g/mol. The molecule has 0 saturated heterocycles. The van der Waals surface area contributed by atoms with Crippen molar-refractivity contribution in [1.29, 1.82) is 0 Å². The first kappa shape index (κ1) is 39.4. The molecule has 5 nitrogen and oxygen atoms in total. The van der Waals surface area contributed by atoms with Crippen LogP contribution < -0.4 is 4.90 Å². The molecule has 13 aromatic rings. The van der Waals surface area contributed by atoms with Gasteiger partial charge >= 0.3 is 0 Å². The fraction of sp³-hybridized carbons (Fsp3) is 0.0820. The summed E-state index contributed by atoms with van der Waals surface area (Å²) >= 11 is 5.46. The minimum absolute atomic E-state index is 0.220. The van der Waals surface area contributed by atoms with Gasteiger partial charge in [0.15, 0.2) is 0 Å². The number of hydrogen-bond acceptors (Lipinski definition) is 7. The predicted octanol–water partition coefficient (Wildman–Crippen LogP) is 17.4. The summed E-state index contributed by atoms with van der Waals surface area (Å²) in [5, 5.41) is 7.38. The molecule has 0 radical (unpaired) electrons. The van der Waals surface area contributed by atoms with Gasteiger partial charge in [0.1, 0.15) is 17.0 Å². The van der Waals surface area contributed by atoms with E-state index in [2.05, 4.69) is 204 Å². The standard InChI is InChI=1S/C61H40N4OS3/c1-35-50(68-53-29-30-61(2)59(56(35)53)43-13-4-7-18-47(43)65(61)38-23-25-45-54(32-38)67-34-63-45)20-9-11-36-21-24-40-41-16-10-15-39(60(41)66-49(40)31-36)37-22-28-55(62-33-37)64-46-17-6-3-12-42(46)57-48(64)26-27-52-58(57)44-14-5-8-19-51(44)69-52/h3-10,12-34,59H,11H2,1-2H3/b20-9-/t59?,61-/m0/s1. The van der Waals surface area contributed by atoms with Gasteiger partial charge in [-0.3, -0.25) is 4.57 Å². The molecule has 328 valence electrons. The van der Waals surface area contributed by atoms with Crippen molar-refractivity contribution < 1.29 is 4.42 Å². The number of para-hydroxylation sites is 3. The number of nitrogens with zero attached hydrogens (tertiary/aromatic N) is 4. The predicted molar refractivity (Wildman–Crippen MR) is 293 cm³/mol. The van der Waals surface area contributed by atoms with Crippen LogP contribution in [0.25, 0.3) is 103 Å². The van der Waals surface area contributed by atoms with E-state index in [0.717, 1.165) is 61.9 Å². The van der Waals surface area contributed by atoms with Crippen molar-refractivity contribution in [3.63, 3.8) is 0 Å². The topological polar surface area (TPSA) is 47.1 Å². The Hall–Kier alpha value is -7.62. The second-order valence-corrected chi connectivity index (χ2v) is 21.7. The van der Waals surface area contributed by atoms with E-state index < -0.39 is 0 Å². The second-order valence-electron chi connectivity index (χ2n) is 18.7. The molecule has 1 aliphatic carbocycles. The molecule has 0 saturated carbocycles. The minimum Gasteiger partial charge on any atom is -0.455 e. The maximum Gasteiger partial charge on any atom is 0.143 e. The SMILES string of the molecule is Cc1c(/C=C\Cc2ccc3c(c2)oc2c(-c4ccc(-n5c6ccccc6c6c7c(ccc65)sc5ccccc57)nc4)cccc23)sc2c1C1c3ccccc3N(c3ccc4ncsc4c3)[C@@]1(C)C=C2. The molecule has 69 heavy (non-hydrogen) atoms. The van der Waals surface area contributed by atoms with Gasteiger partial charge in [-0.15, -0.1) is 34.0 Å². The van der Waals surface area contributed by atoms with Gasteiger partial charge in [-0.05, 0) is 121 Å². The van der Waals surface area contributed by atoms with Crippen molar-refractivity contribution >= 4 is 132 Å². The highest BCUT2D eigenvalue weighted by Crippen LogP contribution is 2.59. The first-order chi connectivity index (χ1) is 34.0. The average molecular weight is 941 g/mol. The van der Waals surface area contributed by atoms with Gasteiger partial charge in [-0.1, -0.05) is 97.1 Å². The lowest BCUT2D eigenvalue weighted by Crippen LogP contribution is -2.43. The third-order valence-electron chi connectivity index (χ3n) is 14.9. The number of thiophene rings is 2. The molecule has 15 rings (SSSR count).